The summed E-state index contributed by atoms with van der Waals surface area (Å²) in [6.45, 7) is -1.45. The summed E-state index contributed by atoms with van der Waals surface area (Å²) in [6.07, 6.45) is 0.831. The van der Waals surface area contributed by atoms with Crippen molar-refractivity contribution in [1.29, 1.82) is 0 Å². The summed E-state index contributed by atoms with van der Waals surface area (Å²) in [6, 6.07) is 12.7. The first kappa shape index (κ1) is 25.6. The molecule has 2 N–H and O–H groups in total. The van der Waals surface area contributed by atoms with Crippen molar-refractivity contribution < 1.29 is 23.0 Å². The molecule has 2 aromatic rings. The fraction of sp³-hybridized carbons (Fsp3) is 0.364. The lowest BCUT2D eigenvalue weighted by molar-refractivity contribution is -0.130. The maximum absolute atomic E-state index is 12.7. The van der Waals surface area contributed by atoms with Gasteiger partial charge in [-0.2, -0.15) is 8.78 Å². The molecule has 0 unspecified atom stereocenters. The lowest BCUT2D eigenvalue weighted by Gasteiger charge is -2.29. The number of rotatable bonds is 7. The summed E-state index contributed by atoms with van der Waals surface area (Å²) >= 11 is 0. The van der Waals surface area contributed by atoms with Gasteiger partial charge >= 0.3 is 6.61 Å². The van der Waals surface area contributed by atoms with Gasteiger partial charge in [0.05, 0.1) is 13.7 Å². The Labute approximate surface area is 203 Å². The summed E-state index contributed by atoms with van der Waals surface area (Å²) in [7, 11) is 3.06. The fourth-order valence-electron chi connectivity index (χ4n) is 3.41. The number of nitrogens with zero attached hydrogens (tertiary/aromatic N) is 2. The van der Waals surface area contributed by atoms with Gasteiger partial charge in [-0.3, -0.25) is 9.79 Å². The minimum absolute atomic E-state index is 0. The van der Waals surface area contributed by atoms with Crippen molar-refractivity contribution in [3.63, 3.8) is 0 Å². The highest BCUT2D eigenvalue weighted by atomic mass is 127. The Balaban J connectivity index is 0.00000363. The van der Waals surface area contributed by atoms with Gasteiger partial charge in [-0.1, -0.05) is 24.3 Å². The van der Waals surface area contributed by atoms with E-state index in [1.807, 2.05) is 18.2 Å². The number of hydrogen-bond donors (Lipinski definition) is 2. The molecular formula is C22H27F2IN4O3. The van der Waals surface area contributed by atoms with Crippen LogP contribution in [0.1, 0.15) is 16.7 Å². The molecule has 1 amide bonds. The summed E-state index contributed by atoms with van der Waals surface area (Å²) < 4.78 is 35.1. The van der Waals surface area contributed by atoms with Gasteiger partial charge in [-0.05, 0) is 35.7 Å². The zero-order chi connectivity index (χ0) is 22.2. The molecular weight excluding hydrogens is 533 g/mol. The second-order valence-corrected chi connectivity index (χ2v) is 6.97. The van der Waals surface area contributed by atoms with Crippen LogP contribution in [-0.4, -0.2) is 50.6 Å². The molecule has 0 radical (unpaired) electrons. The van der Waals surface area contributed by atoms with E-state index in [9.17, 15) is 13.6 Å². The van der Waals surface area contributed by atoms with Gasteiger partial charge in [-0.15, -0.1) is 24.0 Å². The van der Waals surface area contributed by atoms with Gasteiger partial charge in [0.2, 0.25) is 5.91 Å². The van der Waals surface area contributed by atoms with Crippen molar-refractivity contribution in [1.82, 2.24) is 15.5 Å². The predicted molar refractivity (Wildman–Crippen MR) is 129 cm³/mol. The summed E-state index contributed by atoms with van der Waals surface area (Å²) in [5.41, 5.74) is 2.91. The first-order valence-corrected chi connectivity index (χ1v) is 9.91. The molecule has 0 aliphatic carbocycles. The third-order valence-corrected chi connectivity index (χ3v) is 5.04. The van der Waals surface area contributed by atoms with Crippen molar-refractivity contribution in [2.24, 2.45) is 4.99 Å². The maximum atomic E-state index is 12.7. The van der Waals surface area contributed by atoms with E-state index in [0.29, 0.717) is 30.4 Å². The van der Waals surface area contributed by atoms with Gasteiger partial charge in [0.1, 0.15) is 11.5 Å². The molecule has 32 heavy (non-hydrogen) atoms. The Kier molecular flexibility index (Phi) is 9.95. The Hall–Kier alpha value is -2.63. The van der Waals surface area contributed by atoms with Gasteiger partial charge in [0.25, 0.3) is 0 Å². The molecule has 0 spiro atoms. The minimum Gasteiger partial charge on any atom is -0.497 e. The number of aliphatic imine (C=N–C) groups is 1. The zero-order valence-electron chi connectivity index (χ0n) is 17.9. The predicted octanol–water partition coefficient (Wildman–Crippen LogP) is 3.16. The molecule has 0 bridgehead atoms. The molecule has 0 saturated heterocycles. The second-order valence-electron chi connectivity index (χ2n) is 6.97. The average molecular weight is 560 g/mol. The number of benzene rings is 2. The molecule has 0 saturated carbocycles. The number of carbonyl (C=O) groups excluding carboxylic acids is 1. The van der Waals surface area contributed by atoms with Crippen LogP contribution in [0, 0.1) is 0 Å². The molecule has 7 nitrogen and oxygen atoms in total. The summed E-state index contributed by atoms with van der Waals surface area (Å²) in [5.74, 6) is 0.890. The van der Waals surface area contributed by atoms with Crippen LogP contribution in [0.3, 0.4) is 0 Å². The van der Waals surface area contributed by atoms with E-state index >= 15 is 0 Å². The SMILES string of the molecule is CN=C(NCC(=O)N1CCc2ccccc2C1)NCc1cc(OC)ccc1OC(F)F.I. The van der Waals surface area contributed by atoms with Crippen LogP contribution < -0.4 is 20.1 Å². The van der Waals surface area contributed by atoms with E-state index in [1.165, 1.54) is 18.7 Å². The molecule has 1 aliphatic rings. The van der Waals surface area contributed by atoms with Gasteiger partial charge in [0, 0.05) is 32.2 Å². The Morgan fingerprint density at radius 2 is 1.94 bits per heavy atom. The Morgan fingerprint density at radius 3 is 2.62 bits per heavy atom. The Bertz CT molecular complexity index is 943. The highest BCUT2D eigenvalue weighted by Crippen LogP contribution is 2.25. The number of nitrogens with one attached hydrogen (secondary N) is 2. The Morgan fingerprint density at radius 1 is 1.19 bits per heavy atom. The lowest BCUT2D eigenvalue weighted by Crippen LogP contribution is -2.45. The third-order valence-electron chi connectivity index (χ3n) is 5.04. The fourth-order valence-corrected chi connectivity index (χ4v) is 3.41. The van der Waals surface area contributed by atoms with E-state index in [-0.39, 0.29) is 48.7 Å². The van der Waals surface area contributed by atoms with Crippen LogP contribution in [-0.2, 0) is 24.3 Å². The number of guanidine groups is 1. The lowest BCUT2D eigenvalue weighted by atomic mass is 10.00. The molecule has 10 heteroatoms. The van der Waals surface area contributed by atoms with Crippen LogP contribution in [0.4, 0.5) is 8.78 Å². The minimum atomic E-state index is -2.93. The molecule has 0 aromatic heterocycles. The number of halogens is 3. The van der Waals surface area contributed by atoms with E-state index in [4.69, 9.17) is 4.74 Å². The first-order chi connectivity index (χ1) is 15.0. The van der Waals surface area contributed by atoms with E-state index < -0.39 is 6.61 Å². The number of carbonyl (C=O) groups is 1. The van der Waals surface area contributed by atoms with Crippen molar-refractivity contribution in [3.8, 4) is 11.5 Å². The topological polar surface area (TPSA) is 75.2 Å². The van der Waals surface area contributed by atoms with Gasteiger partial charge in [-0.25, -0.2) is 0 Å². The van der Waals surface area contributed by atoms with Gasteiger partial charge in [0.15, 0.2) is 5.96 Å². The quantitative estimate of drug-likeness (QED) is 0.309. The number of methoxy groups -OCH3 is 1. The van der Waals surface area contributed by atoms with E-state index in [2.05, 4.69) is 26.4 Å². The zero-order valence-corrected chi connectivity index (χ0v) is 20.3. The second kappa shape index (κ2) is 12.4. The van der Waals surface area contributed by atoms with Crippen LogP contribution >= 0.6 is 24.0 Å². The highest BCUT2D eigenvalue weighted by molar-refractivity contribution is 14.0. The number of alkyl halides is 2. The van der Waals surface area contributed by atoms with Gasteiger partial charge < -0.3 is 25.0 Å². The number of hydrogen-bond acceptors (Lipinski definition) is 4. The van der Waals surface area contributed by atoms with Crippen LogP contribution in [0.5, 0.6) is 11.5 Å². The summed E-state index contributed by atoms with van der Waals surface area (Å²) in [5, 5.41) is 5.99. The van der Waals surface area contributed by atoms with Crippen molar-refractivity contribution in [2.45, 2.75) is 26.1 Å². The van der Waals surface area contributed by atoms with Crippen molar-refractivity contribution in [2.75, 3.05) is 27.2 Å². The van der Waals surface area contributed by atoms with Crippen molar-refractivity contribution >= 4 is 35.8 Å². The smallest absolute Gasteiger partial charge is 0.387 e. The summed E-state index contributed by atoms with van der Waals surface area (Å²) in [4.78, 5) is 18.5. The number of fused-ring (bicyclic) bond motifs is 1. The van der Waals surface area contributed by atoms with E-state index in [0.717, 1.165) is 12.0 Å². The molecule has 1 aliphatic heterocycles. The molecule has 3 rings (SSSR count). The third kappa shape index (κ3) is 6.94. The average Bonchev–Trinajstić information content (AvgIpc) is 2.79. The number of ether oxygens (including phenoxy) is 2. The molecule has 174 valence electrons. The monoisotopic (exact) mass is 560 g/mol. The largest absolute Gasteiger partial charge is 0.497 e. The van der Waals surface area contributed by atoms with Crippen molar-refractivity contribution in [3.05, 3.63) is 59.2 Å². The highest BCUT2D eigenvalue weighted by Gasteiger charge is 2.20. The van der Waals surface area contributed by atoms with Crippen LogP contribution in [0.2, 0.25) is 0 Å². The number of amides is 1. The molecule has 0 fully saturated rings. The molecule has 2 aromatic carbocycles. The van der Waals surface area contributed by atoms with Crippen LogP contribution in [0.15, 0.2) is 47.5 Å². The van der Waals surface area contributed by atoms with Crippen LogP contribution in [0.25, 0.3) is 0 Å². The van der Waals surface area contributed by atoms with E-state index in [1.54, 1.807) is 24.1 Å². The maximum Gasteiger partial charge on any atom is 0.387 e. The molecule has 0 atom stereocenters. The normalized spacial score (nSPS) is 13.2. The molecule has 1 heterocycles. The first-order valence-electron chi connectivity index (χ1n) is 9.91. The standard InChI is InChI=1S/C22H26F2N4O3.HI/c1-25-22(26-12-17-11-18(30-2)7-8-19(17)31-21(23)24)27-13-20(29)28-10-9-15-5-3-4-6-16(15)14-28;/h3-8,11,21H,9-10,12-14H2,1-2H3,(H2,25,26,27);1H.